The molecule has 0 radical (unpaired) electrons. The first-order chi connectivity index (χ1) is 15.3. The van der Waals surface area contributed by atoms with Crippen molar-refractivity contribution >= 4 is 29.4 Å². The van der Waals surface area contributed by atoms with Crippen LogP contribution < -0.4 is 10.1 Å². The summed E-state index contributed by atoms with van der Waals surface area (Å²) in [6.45, 7) is 6.04. The lowest BCUT2D eigenvalue weighted by atomic mass is 9.99. The van der Waals surface area contributed by atoms with Gasteiger partial charge in [0.1, 0.15) is 12.3 Å². The molecular formula is C25H28N2O4S. The molecule has 0 saturated carbocycles. The summed E-state index contributed by atoms with van der Waals surface area (Å²) in [5, 5.41) is 3.41. The first-order valence-corrected chi connectivity index (χ1v) is 11.5. The second kappa shape index (κ2) is 10.5. The maximum absolute atomic E-state index is 12.7. The summed E-state index contributed by atoms with van der Waals surface area (Å²) in [5.41, 5.74) is 2.64. The molecule has 1 unspecified atom stereocenters. The molecule has 7 heteroatoms. The average Bonchev–Trinajstić information content (AvgIpc) is 3.12. The molecule has 1 aliphatic heterocycles. The van der Waals surface area contributed by atoms with Gasteiger partial charge in [-0.3, -0.25) is 19.3 Å². The second-order valence-corrected chi connectivity index (χ2v) is 8.92. The minimum atomic E-state index is -0.281. The highest BCUT2D eigenvalue weighted by atomic mass is 32.2. The number of hydrogen-bond acceptors (Lipinski definition) is 5. The molecule has 2 aromatic rings. The Morgan fingerprint density at radius 2 is 1.75 bits per heavy atom. The van der Waals surface area contributed by atoms with Gasteiger partial charge < -0.3 is 10.1 Å². The fourth-order valence-corrected chi connectivity index (χ4v) is 4.36. The standard InChI is InChI=1S/C25H28N2O4S/c1-16(2)18-9-11-19(12-10-18)17(3)26-23(29)14-27-24(30)15-32-25(27)13-21(28)20-7-5-6-8-22(20)31-4/h5-13,16-17H,14-15H2,1-4H3,(H,26,29)/b25-13-. The normalized spacial score (nSPS) is 15.8. The average molecular weight is 453 g/mol. The number of methoxy groups -OCH3 is 1. The van der Waals surface area contributed by atoms with E-state index in [9.17, 15) is 14.4 Å². The number of carbonyl (C=O) groups excluding carboxylic acids is 3. The Labute approximate surface area is 193 Å². The van der Waals surface area contributed by atoms with Crippen LogP contribution in [0.3, 0.4) is 0 Å². The number of hydrogen-bond donors (Lipinski definition) is 1. The topological polar surface area (TPSA) is 75.7 Å². The van der Waals surface area contributed by atoms with E-state index in [1.165, 1.54) is 35.4 Å². The molecule has 1 heterocycles. The van der Waals surface area contributed by atoms with E-state index < -0.39 is 0 Å². The molecule has 1 N–H and O–H groups in total. The van der Waals surface area contributed by atoms with Gasteiger partial charge in [-0.25, -0.2) is 0 Å². The van der Waals surface area contributed by atoms with Crippen LogP contribution in [0.2, 0.25) is 0 Å². The van der Waals surface area contributed by atoms with E-state index in [-0.39, 0.29) is 35.9 Å². The third-order valence-corrected chi connectivity index (χ3v) is 6.35. The van der Waals surface area contributed by atoms with E-state index in [4.69, 9.17) is 4.74 Å². The number of benzene rings is 2. The van der Waals surface area contributed by atoms with Crippen molar-refractivity contribution in [1.29, 1.82) is 0 Å². The lowest BCUT2D eigenvalue weighted by molar-refractivity contribution is -0.131. The Bertz CT molecular complexity index is 1030. The van der Waals surface area contributed by atoms with Crippen LogP contribution >= 0.6 is 11.8 Å². The van der Waals surface area contributed by atoms with E-state index in [1.54, 1.807) is 24.3 Å². The van der Waals surface area contributed by atoms with Gasteiger partial charge >= 0.3 is 0 Å². The summed E-state index contributed by atoms with van der Waals surface area (Å²) < 4.78 is 5.25. The fourth-order valence-electron chi connectivity index (χ4n) is 3.42. The third-order valence-electron chi connectivity index (χ3n) is 5.32. The van der Waals surface area contributed by atoms with Gasteiger partial charge in [0.15, 0.2) is 5.78 Å². The Morgan fingerprint density at radius 1 is 1.09 bits per heavy atom. The highest BCUT2D eigenvalue weighted by Gasteiger charge is 2.29. The first-order valence-electron chi connectivity index (χ1n) is 10.5. The number of ether oxygens (including phenoxy) is 1. The lowest BCUT2D eigenvalue weighted by Gasteiger charge is -2.20. The molecule has 0 bridgehead atoms. The zero-order chi connectivity index (χ0) is 23.3. The monoisotopic (exact) mass is 452 g/mol. The van der Waals surface area contributed by atoms with E-state index in [1.807, 2.05) is 19.1 Å². The smallest absolute Gasteiger partial charge is 0.240 e. The molecule has 1 saturated heterocycles. The number of ketones is 1. The first kappa shape index (κ1) is 23.6. The maximum Gasteiger partial charge on any atom is 0.240 e. The van der Waals surface area contributed by atoms with Gasteiger partial charge in [0.05, 0.1) is 29.5 Å². The maximum atomic E-state index is 12.7. The molecule has 1 atom stereocenters. The van der Waals surface area contributed by atoms with Crippen molar-refractivity contribution in [1.82, 2.24) is 10.2 Å². The van der Waals surface area contributed by atoms with E-state index in [0.717, 1.165) is 5.56 Å². The molecule has 1 aliphatic rings. The summed E-state index contributed by atoms with van der Waals surface area (Å²) >= 11 is 1.25. The number of nitrogens with zero attached hydrogens (tertiary/aromatic N) is 1. The lowest BCUT2D eigenvalue weighted by Crippen LogP contribution is -2.38. The van der Waals surface area contributed by atoms with Gasteiger partial charge in [-0.2, -0.15) is 0 Å². The molecule has 32 heavy (non-hydrogen) atoms. The van der Waals surface area contributed by atoms with Gasteiger partial charge in [-0.1, -0.05) is 62.0 Å². The van der Waals surface area contributed by atoms with Crippen LogP contribution in [0.25, 0.3) is 0 Å². The molecule has 168 valence electrons. The second-order valence-electron chi connectivity index (χ2n) is 7.93. The van der Waals surface area contributed by atoms with Crippen LogP contribution in [0, 0.1) is 0 Å². The Balaban J connectivity index is 1.68. The quantitative estimate of drug-likeness (QED) is 0.478. The predicted octanol–water partition coefficient (Wildman–Crippen LogP) is 4.30. The number of allylic oxidation sites excluding steroid dienone is 1. The van der Waals surface area contributed by atoms with Crippen molar-refractivity contribution in [3.63, 3.8) is 0 Å². The third kappa shape index (κ3) is 5.59. The van der Waals surface area contributed by atoms with Gasteiger partial charge in [-0.05, 0) is 36.1 Å². The summed E-state index contributed by atoms with van der Waals surface area (Å²) in [7, 11) is 1.50. The predicted molar refractivity (Wildman–Crippen MR) is 127 cm³/mol. The number of para-hydroxylation sites is 1. The van der Waals surface area contributed by atoms with Crippen LogP contribution in [-0.4, -0.2) is 41.9 Å². The zero-order valence-corrected chi connectivity index (χ0v) is 19.6. The van der Waals surface area contributed by atoms with Crippen LogP contribution in [0.5, 0.6) is 5.75 Å². The highest BCUT2D eigenvalue weighted by molar-refractivity contribution is 8.04. The number of rotatable bonds is 8. The number of carbonyl (C=O) groups is 3. The Kier molecular flexibility index (Phi) is 7.75. The van der Waals surface area contributed by atoms with Crippen LogP contribution in [-0.2, 0) is 9.59 Å². The minimum Gasteiger partial charge on any atom is -0.496 e. The molecule has 1 fully saturated rings. The molecule has 2 amide bonds. The van der Waals surface area contributed by atoms with Gasteiger partial charge in [0.2, 0.25) is 11.8 Å². The van der Waals surface area contributed by atoms with E-state index in [2.05, 4.69) is 31.3 Å². The largest absolute Gasteiger partial charge is 0.496 e. The fraction of sp³-hybridized carbons (Fsp3) is 0.320. The van der Waals surface area contributed by atoms with Gasteiger partial charge in [-0.15, -0.1) is 0 Å². The number of thioether (sulfide) groups is 1. The molecule has 0 spiro atoms. The zero-order valence-electron chi connectivity index (χ0n) is 18.8. The molecular weight excluding hydrogens is 424 g/mol. The van der Waals surface area contributed by atoms with Crippen LogP contribution in [0.15, 0.2) is 59.6 Å². The molecule has 0 aliphatic carbocycles. The van der Waals surface area contributed by atoms with Crippen LogP contribution in [0.4, 0.5) is 0 Å². The van der Waals surface area contributed by atoms with Crippen molar-refractivity contribution in [2.45, 2.75) is 32.7 Å². The van der Waals surface area contributed by atoms with Gasteiger partial charge in [0, 0.05) is 6.08 Å². The Morgan fingerprint density at radius 3 is 2.41 bits per heavy atom. The van der Waals surface area contributed by atoms with Crippen molar-refractivity contribution in [2.24, 2.45) is 0 Å². The van der Waals surface area contributed by atoms with E-state index in [0.29, 0.717) is 22.3 Å². The highest BCUT2D eigenvalue weighted by Crippen LogP contribution is 2.30. The SMILES string of the molecule is COc1ccccc1C(=O)/C=C1\SCC(=O)N1CC(=O)NC(C)c1ccc(C(C)C)cc1. The summed E-state index contributed by atoms with van der Waals surface area (Å²) in [6.07, 6.45) is 1.40. The van der Waals surface area contributed by atoms with Crippen molar-refractivity contribution in [3.05, 3.63) is 76.3 Å². The van der Waals surface area contributed by atoms with Gasteiger partial charge in [0.25, 0.3) is 0 Å². The van der Waals surface area contributed by atoms with Crippen molar-refractivity contribution < 1.29 is 19.1 Å². The molecule has 3 rings (SSSR count). The minimum absolute atomic E-state index is 0.134. The van der Waals surface area contributed by atoms with E-state index >= 15 is 0 Å². The van der Waals surface area contributed by atoms with Crippen LogP contribution in [0.1, 0.15) is 54.2 Å². The molecule has 2 aromatic carbocycles. The Hall–Kier alpha value is -3.06. The summed E-state index contributed by atoms with van der Waals surface area (Å²) in [4.78, 5) is 39.1. The van der Waals surface area contributed by atoms with Crippen molar-refractivity contribution in [3.8, 4) is 5.75 Å². The molecule has 0 aromatic heterocycles. The van der Waals surface area contributed by atoms with Crippen molar-refractivity contribution in [2.75, 3.05) is 19.4 Å². The molecule has 6 nitrogen and oxygen atoms in total. The summed E-state index contributed by atoms with van der Waals surface area (Å²) in [5.74, 6) is 0.352. The number of nitrogens with one attached hydrogen (secondary N) is 1. The summed E-state index contributed by atoms with van der Waals surface area (Å²) in [6, 6.07) is 14.9. The number of amides is 2.